The van der Waals surface area contributed by atoms with Crippen molar-refractivity contribution in [2.45, 2.75) is 64.0 Å². The molecule has 1 amide bonds. The van der Waals surface area contributed by atoms with E-state index in [1.165, 1.54) is 25.7 Å². The maximum absolute atomic E-state index is 12.7. The predicted molar refractivity (Wildman–Crippen MR) is 82.0 cm³/mol. The fraction of sp³-hybridized carbons (Fsp3) is 0.812. The Morgan fingerprint density at radius 2 is 1.82 bits per heavy atom. The van der Waals surface area contributed by atoms with E-state index in [1.807, 2.05) is 10.9 Å². The van der Waals surface area contributed by atoms with Crippen LogP contribution in [0, 0.1) is 5.92 Å². The number of aliphatic hydroxyl groups is 1. The van der Waals surface area contributed by atoms with Crippen molar-refractivity contribution in [1.29, 1.82) is 0 Å². The zero-order valence-electron chi connectivity index (χ0n) is 13.2. The molecule has 0 spiro atoms. The SMILES string of the molecule is O=C(C1CCCCCC1)N1CCC(n2cc(CO)nn2)CC1. The number of amides is 1. The van der Waals surface area contributed by atoms with Crippen LogP contribution in [0.4, 0.5) is 0 Å². The molecule has 0 radical (unpaired) electrons. The molecule has 1 aliphatic heterocycles. The summed E-state index contributed by atoms with van der Waals surface area (Å²) in [6.07, 6.45) is 10.8. The van der Waals surface area contributed by atoms with Crippen molar-refractivity contribution in [1.82, 2.24) is 19.9 Å². The standard InChI is InChI=1S/C16H26N4O2/c21-12-14-11-20(18-17-14)15-7-9-19(10-8-15)16(22)13-5-3-1-2-4-6-13/h11,13,15,21H,1-10,12H2. The molecule has 3 rings (SSSR count). The van der Waals surface area contributed by atoms with Gasteiger partial charge in [0.1, 0.15) is 5.69 Å². The third-order valence-corrected chi connectivity index (χ3v) is 5.07. The first kappa shape index (κ1) is 15.5. The molecule has 1 N–H and O–H groups in total. The molecule has 1 saturated heterocycles. The summed E-state index contributed by atoms with van der Waals surface area (Å²) < 4.78 is 1.85. The molecule has 122 valence electrons. The van der Waals surface area contributed by atoms with Gasteiger partial charge in [0, 0.05) is 19.0 Å². The molecule has 0 atom stereocenters. The highest BCUT2D eigenvalue weighted by molar-refractivity contribution is 5.78. The van der Waals surface area contributed by atoms with Crippen LogP contribution in [0.5, 0.6) is 0 Å². The van der Waals surface area contributed by atoms with E-state index >= 15 is 0 Å². The summed E-state index contributed by atoms with van der Waals surface area (Å²) in [5.41, 5.74) is 0.608. The van der Waals surface area contributed by atoms with Crippen molar-refractivity contribution in [2.24, 2.45) is 5.92 Å². The summed E-state index contributed by atoms with van der Waals surface area (Å²) in [5, 5.41) is 17.1. The van der Waals surface area contributed by atoms with Crippen molar-refractivity contribution in [3.8, 4) is 0 Å². The number of aromatic nitrogens is 3. The van der Waals surface area contributed by atoms with Crippen molar-refractivity contribution in [3.63, 3.8) is 0 Å². The van der Waals surface area contributed by atoms with Gasteiger partial charge in [-0.3, -0.25) is 4.79 Å². The topological polar surface area (TPSA) is 71.2 Å². The molecule has 22 heavy (non-hydrogen) atoms. The first-order chi connectivity index (χ1) is 10.8. The van der Waals surface area contributed by atoms with Crippen molar-refractivity contribution in [2.75, 3.05) is 13.1 Å². The van der Waals surface area contributed by atoms with Crippen LogP contribution < -0.4 is 0 Å². The van der Waals surface area contributed by atoms with Gasteiger partial charge in [0.05, 0.1) is 18.8 Å². The van der Waals surface area contributed by atoms with E-state index in [-0.39, 0.29) is 12.5 Å². The zero-order chi connectivity index (χ0) is 15.4. The number of hydrogen-bond donors (Lipinski definition) is 1. The lowest BCUT2D eigenvalue weighted by Crippen LogP contribution is -2.42. The number of nitrogens with zero attached hydrogens (tertiary/aromatic N) is 4. The fourth-order valence-corrected chi connectivity index (χ4v) is 3.70. The van der Waals surface area contributed by atoms with Gasteiger partial charge >= 0.3 is 0 Å². The molecule has 2 heterocycles. The third kappa shape index (κ3) is 3.48. The predicted octanol–water partition coefficient (Wildman–Crippen LogP) is 1.90. The van der Waals surface area contributed by atoms with E-state index in [0.29, 0.717) is 17.6 Å². The zero-order valence-corrected chi connectivity index (χ0v) is 13.2. The third-order valence-electron chi connectivity index (χ3n) is 5.07. The monoisotopic (exact) mass is 306 g/mol. The summed E-state index contributed by atoms with van der Waals surface area (Å²) in [6.45, 7) is 1.56. The van der Waals surface area contributed by atoms with Gasteiger partial charge in [-0.1, -0.05) is 30.9 Å². The molecule has 1 aromatic heterocycles. The van der Waals surface area contributed by atoms with E-state index in [9.17, 15) is 4.79 Å². The van der Waals surface area contributed by atoms with Gasteiger partial charge in [-0.15, -0.1) is 5.10 Å². The lowest BCUT2D eigenvalue weighted by molar-refractivity contribution is -0.137. The van der Waals surface area contributed by atoms with Gasteiger partial charge in [0.25, 0.3) is 0 Å². The van der Waals surface area contributed by atoms with Crippen LogP contribution in [0.2, 0.25) is 0 Å². The Labute approximate surface area is 131 Å². The van der Waals surface area contributed by atoms with E-state index < -0.39 is 0 Å². The van der Waals surface area contributed by atoms with Crippen LogP contribution in [-0.2, 0) is 11.4 Å². The second-order valence-electron chi connectivity index (χ2n) is 6.59. The van der Waals surface area contributed by atoms with Gasteiger partial charge < -0.3 is 10.0 Å². The van der Waals surface area contributed by atoms with E-state index in [0.717, 1.165) is 38.8 Å². The molecule has 2 aliphatic rings. The van der Waals surface area contributed by atoms with Gasteiger partial charge in [-0.25, -0.2) is 4.68 Å². The number of likely N-dealkylation sites (tertiary alicyclic amines) is 1. The number of carbonyl (C=O) groups excluding carboxylic acids is 1. The van der Waals surface area contributed by atoms with Crippen molar-refractivity contribution >= 4 is 5.91 Å². The number of carbonyl (C=O) groups is 1. The quantitative estimate of drug-likeness (QED) is 0.866. The maximum atomic E-state index is 12.7. The molecule has 0 bridgehead atoms. The van der Waals surface area contributed by atoms with Gasteiger partial charge in [-0.2, -0.15) is 0 Å². The number of piperidine rings is 1. The fourth-order valence-electron chi connectivity index (χ4n) is 3.70. The van der Waals surface area contributed by atoms with Gasteiger partial charge in [-0.05, 0) is 25.7 Å². The highest BCUT2D eigenvalue weighted by atomic mass is 16.3. The number of aliphatic hydroxyl groups excluding tert-OH is 1. The van der Waals surface area contributed by atoms with Crippen LogP contribution in [-0.4, -0.2) is 44.0 Å². The highest BCUT2D eigenvalue weighted by Gasteiger charge is 2.29. The molecule has 6 heteroatoms. The minimum Gasteiger partial charge on any atom is -0.390 e. The Morgan fingerprint density at radius 1 is 1.14 bits per heavy atom. The molecule has 1 aromatic rings. The van der Waals surface area contributed by atoms with Crippen molar-refractivity contribution < 1.29 is 9.90 Å². The van der Waals surface area contributed by atoms with Gasteiger partial charge in [0.2, 0.25) is 5.91 Å². The Kier molecular flexibility index (Phi) is 5.08. The highest BCUT2D eigenvalue weighted by Crippen LogP contribution is 2.28. The van der Waals surface area contributed by atoms with E-state index in [2.05, 4.69) is 15.2 Å². The normalized spacial score (nSPS) is 21.8. The molecule has 0 aromatic carbocycles. The molecule has 1 aliphatic carbocycles. The van der Waals surface area contributed by atoms with E-state index in [1.54, 1.807) is 0 Å². The van der Waals surface area contributed by atoms with Crippen molar-refractivity contribution in [3.05, 3.63) is 11.9 Å². The summed E-state index contributed by atoms with van der Waals surface area (Å²) in [6, 6.07) is 0.297. The van der Waals surface area contributed by atoms with Crippen LogP contribution in [0.1, 0.15) is 63.1 Å². The average molecular weight is 306 g/mol. The summed E-state index contributed by atoms with van der Waals surface area (Å²) in [7, 11) is 0. The minimum absolute atomic E-state index is 0.0704. The maximum Gasteiger partial charge on any atom is 0.225 e. The average Bonchev–Trinajstić information content (AvgIpc) is 2.88. The van der Waals surface area contributed by atoms with Crippen LogP contribution >= 0.6 is 0 Å². The Balaban J connectivity index is 1.53. The van der Waals surface area contributed by atoms with Crippen LogP contribution in [0.3, 0.4) is 0 Å². The summed E-state index contributed by atoms with van der Waals surface area (Å²) in [4.78, 5) is 14.7. The largest absolute Gasteiger partial charge is 0.390 e. The summed E-state index contributed by atoms with van der Waals surface area (Å²) >= 11 is 0. The minimum atomic E-state index is -0.0704. The molecular weight excluding hydrogens is 280 g/mol. The molecule has 0 unspecified atom stereocenters. The summed E-state index contributed by atoms with van der Waals surface area (Å²) in [5.74, 6) is 0.626. The van der Waals surface area contributed by atoms with Gasteiger partial charge in [0.15, 0.2) is 0 Å². The van der Waals surface area contributed by atoms with E-state index in [4.69, 9.17) is 5.11 Å². The van der Waals surface area contributed by atoms with Crippen LogP contribution in [0.15, 0.2) is 6.20 Å². The Morgan fingerprint density at radius 3 is 2.41 bits per heavy atom. The lowest BCUT2D eigenvalue weighted by Gasteiger charge is -2.34. The first-order valence-corrected chi connectivity index (χ1v) is 8.58. The lowest BCUT2D eigenvalue weighted by atomic mass is 9.96. The molecule has 1 saturated carbocycles. The number of rotatable bonds is 3. The Bertz CT molecular complexity index is 486. The van der Waals surface area contributed by atoms with Crippen LogP contribution in [0.25, 0.3) is 0 Å². The first-order valence-electron chi connectivity index (χ1n) is 8.58. The second kappa shape index (κ2) is 7.22. The second-order valence-corrected chi connectivity index (χ2v) is 6.59. The molecule has 2 fully saturated rings. The number of hydrogen-bond acceptors (Lipinski definition) is 4. The Hall–Kier alpha value is -1.43. The smallest absolute Gasteiger partial charge is 0.225 e. The molecular formula is C16H26N4O2. The molecule has 6 nitrogen and oxygen atoms in total.